The summed E-state index contributed by atoms with van der Waals surface area (Å²) in [5.74, 6) is 0.858. The van der Waals surface area contributed by atoms with Crippen molar-refractivity contribution in [3.8, 4) is 17.2 Å². The van der Waals surface area contributed by atoms with Gasteiger partial charge in [0.1, 0.15) is 17.2 Å². The Labute approximate surface area is 138 Å². The van der Waals surface area contributed by atoms with Gasteiger partial charge >= 0.3 is 6.61 Å². The van der Waals surface area contributed by atoms with Gasteiger partial charge in [-0.3, -0.25) is 4.79 Å². The average Bonchev–Trinajstić information content (AvgIpc) is 2.56. The molecule has 0 aromatic heterocycles. The summed E-state index contributed by atoms with van der Waals surface area (Å²) in [4.78, 5) is 12.2. The Morgan fingerprint density at radius 1 is 1.04 bits per heavy atom. The van der Waals surface area contributed by atoms with Crippen LogP contribution in [0.25, 0.3) is 0 Å². The van der Waals surface area contributed by atoms with Crippen LogP contribution in [0.3, 0.4) is 0 Å². The molecule has 5 nitrogen and oxygen atoms in total. The van der Waals surface area contributed by atoms with Crippen molar-refractivity contribution in [1.82, 2.24) is 0 Å². The third kappa shape index (κ3) is 4.84. The first-order chi connectivity index (χ1) is 11.5. The molecule has 0 saturated heterocycles. The molecule has 1 amide bonds. The topological polar surface area (TPSA) is 56.8 Å². The molecule has 2 aromatic rings. The second-order valence-corrected chi connectivity index (χ2v) is 4.81. The van der Waals surface area contributed by atoms with E-state index >= 15 is 0 Å². The summed E-state index contributed by atoms with van der Waals surface area (Å²) in [5.41, 5.74) is 1.15. The number of amides is 1. The normalized spacial score (nSPS) is 10.4. The number of benzene rings is 2. The van der Waals surface area contributed by atoms with Gasteiger partial charge in [-0.2, -0.15) is 8.78 Å². The number of anilines is 1. The molecule has 1 N–H and O–H groups in total. The Hall–Kier alpha value is -2.83. The summed E-state index contributed by atoms with van der Waals surface area (Å²) in [6, 6.07) is 10.9. The fraction of sp³-hybridized carbons (Fsp3) is 0.235. The van der Waals surface area contributed by atoms with Gasteiger partial charge in [-0.05, 0) is 29.8 Å². The van der Waals surface area contributed by atoms with E-state index in [2.05, 4.69) is 10.1 Å². The predicted octanol–water partition coefficient (Wildman–Crippen LogP) is 3.49. The molecule has 0 heterocycles. The molecule has 0 radical (unpaired) electrons. The van der Waals surface area contributed by atoms with Crippen LogP contribution in [-0.2, 0) is 11.2 Å². The van der Waals surface area contributed by atoms with Crippen LogP contribution in [-0.4, -0.2) is 26.7 Å². The van der Waals surface area contributed by atoms with Gasteiger partial charge in [0.05, 0.1) is 26.3 Å². The summed E-state index contributed by atoms with van der Waals surface area (Å²) in [7, 11) is 3.02. The standard InChI is InChI=1S/C17H17F2NO4/c1-22-13-7-8-15(23-2)14(10-13)20-16(21)9-11-3-5-12(6-4-11)24-17(18)19/h3-8,10,17H,9H2,1-2H3,(H,20,21). The maximum absolute atomic E-state index is 12.2. The maximum atomic E-state index is 12.2. The summed E-state index contributed by atoms with van der Waals surface area (Å²) in [6.45, 7) is -2.88. The van der Waals surface area contributed by atoms with Crippen LogP contribution in [0.1, 0.15) is 5.56 Å². The quantitative estimate of drug-likeness (QED) is 0.840. The second kappa shape index (κ2) is 8.14. The molecule has 0 fully saturated rings. The summed E-state index contributed by atoms with van der Waals surface area (Å²) >= 11 is 0. The van der Waals surface area contributed by atoms with Gasteiger partial charge in [0.15, 0.2) is 0 Å². The van der Waals surface area contributed by atoms with Gasteiger partial charge in [-0.1, -0.05) is 12.1 Å². The van der Waals surface area contributed by atoms with Crippen molar-refractivity contribution in [1.29, 1.82) is 0 Å². The molecule has 0 unspecified atom stereocenters. The number of carbonyl (C=O) groups excluding carboxylic acids is 1. The van der Waals surface area contributed by atoms with Crippen LogP contribution in [0.5, 0.6) is 17.2 Å². The first-order valence-corrected chi connectivity index (χ1v) is 7.07. The van der Waals surface area contributed by atoms with E-state index in [4.69, 9.17) is 9.47 Å². The monoisotopic (exact) mass is 337 g/mol. The minimum absolute atomic E-state index is 0.0450. The van der Waals surface area contributed by atoms with Gasteiger partial charge in [-0.15, -0.1) is 0 Å². The zero-order valence-electron chi connectivity index (χ0n) is 13.2. The smallest absolute Gasteiger partial charge is 0.387 e. The van der Waals surface area contributed by atoms with E-state index in [1.165, 1.54) is 26.4 Å². The van der Waals surface area contributed by atoms with Gasteiger partial charge in [0, 0.05) is 6.07 Å². The lowest BCUT2D eigenvalue weighted by molar-refractivity contribution is -0.115. The van der Waals surface area contributed by atoms with Crippen LogP contribution in [0.4, 0.5) is 14.5 Å². The third-order valence-corrected chi connectivity index (χ3v) is 3.19. The first-order valence-electron chi connectivity index (χ1n) is 7.07. The molecule has 0 aliphatic heterocycles. The summed E-state index contributed by atoms with van der Waals surface area (Å²) in [5, 5.41) is 2.74. The molecule has 2 aromatic carbocycles. The van der Waals surface area contributed by atoms with Crippen molar-refractivity contribution in [3.05, 3.63) is 48.0 Å². The minimum atomic E-state index is -2.88. The van der Waals surface area contributed by atoms with E-state index in [0.717, 1.165) is 0 Å². The maximum Gasteiger partial charge on any atom is 0.387 e. The van der Waals surface area contributed by atoms with E-state index in [0.29, 0.717) is 22.7 Å². The fourth-order valence-corrected chi connectivity index (χ4v) is 2.08. The molecule has 128 valence electrons. The Morgan fingerprint density at radius 2 is 1.71 bits per heavy atom. The van der Waals surface area contributed by atoms with Crippen molar-refractivity contribution < 1.29 is 27.8 Å². The third-order valence-electron chi connectivity index (χ3n) is 3.19. The zero-order valence-corrected chi connectivity index (χ0v) is 13.2. The number of hydrogen-bond donors (Lipinski definition) is 1. The number of methoxy groups -OCH3 is 2. The molecule has 0 aliphatic rings. The SMILES string of the molecule is COc1ccc(OC)c(NC(=O)Cc2ccc(OC(F)F)cc2)c1. The highest BCUT2D eigenvalue weighted by atomic mass is 19.3. The summed E-state index contributed by atoms with van der Waals surface area (Å²) in [6.07, 6.45) is 0.0787. The molecule has 7 heteroatoms. The van der Waals surface area contributed by atoms with E-state index in [1.807, 2.05) is 0 Å². The second-order valence-electron chi connectivity index (χ2n) is 4.81. The number of hydrogen-bond acceptors (Lipinski definition) is 4. The van der Waals surface area contributed by atoms with Crippen molar-refractivity contribution in [3.63, 3.8) is 0 Å². The lowest BCUT2D eigenvalue weighted by Crippen LogP contribution is -2.15. The highest BCUT2D eigenvalue weighted by Crippen LogP contribution is 2.29. The summed E-state index contributed by atoms with van der Waals surface area (Å²) < 4.78 is 38.8. The van der Waals surface area contributed by atoms with Gasteiger partial charge < -0.3 is 19.5 Å². The van der Waals surface area contributed by atoms with Crippen molar-refractivity contribution >= 4 is 11.6 Å². The van der Waals surface area contributed by atoms with E-state index in [1.54, 1.807) is 30.3 Å². The van der Waals surface area contributed by atoms with Gasteiger partial charge in [0.2, 0.25) is 5.91 Å². The molecule has 24 heavy (non-hydrogen) atoms. The molecule has 0 spiro atoms. The Bertz CT molecular complexity index is 689. The Balaban J connectivity index is 2.03. The van der Waals surface area contributed by atoms with Gasteiger partial charge in [0.25, 0.3) is 0 Å². The minimum Gasteiger partial charge on any atom is -0.497 e. The molecule has 0 saturated carbocycles. The number of halogens is 2. The number of alkyl halides is 2. The molecule has 0 atom stereocenters. The number of rotatable bonds is 7. The van der Waals surface area contributed by atoms with Crippen LogP contribution >= 0.6 is 0 Å². The van der Waals surface area contributed by atoms with Crippen LogP contribution in [0, 0.1) is 0 Å². The molecular weight excluding hydrogens is 320 g/mol. The Morgan fingerprint density at radius 3 is 2.29 bits per heavy atom. The highest BCUT2D eigenvalue weighted by Gasteiger charge is 2.10. The lowest BCUT2D eigenvalue weighted by Gasteiger charge is -2.12. The van der Waals surface area contributed by atoms with Gasteiger partial charge in [-0.25, -0.2) is 0 Å². The first kappa shape index (κ1) is 17.5. The number of ether oxygens (including phenoxy) is 3. The zero-order chi connectivity index (χ0) is 17.5. The molecule has 0 bridgehead atoms. The van der Waals surface area contributed by atoms with E-state index in [9.17, 15) is 13.6 Å². The average molecular weight is 337 g/mol. The van der Waals surface area contributed by atoms with E-state index in [-0.39, 0.29) is 18.1 Å². The highest BCUT2D eigenvalue weighted by molar-refractivity contribution is 5.94. The van der Waals surface area contributed by atoms with Crippen LogP contribution < -0.4 is 19.5 Å². The molecule has 2 rings (SSSR count). The van der Waals surface area contributed by atoms with Crippen molar-refractivity contribution in [2.24, 2.45) is 0 Å². The fourth-order valence-electron chi connectivity index (χ4n) is 2.08. The lowest BCUT2D eigenvalue weighted by atomic mass is 10.1. The molecule has 0 aliphatic carbocycles. The number of carbonyl (C=O) groups is 1. The van der Waals surface area contributed by atoms with Crippen LogP contribution in [0.15, 0.2) is 42.5 Å². The largest absolute Gasteiger partial charge is 0.497 e. The predicted molar refractivity (Wildman–Crippen MR) is 85.0 cm³/mol. The van der Waals surface area contributed by atoms with Crippen LogP contribution in [0.2, 0.25) is 0 Å². The van der Waals surface area contributed by atoms with Crippen molar-refractivity contribution in [2.75, 3.05) is 19.5 Å². The van der Waals surface area contributed by atoms with Crippen molar-refractivity contribution in [2.45, 2.75) is 13.0 Å². The Kier molecular flexibility index (Phi) is 5.95. The molecular formula is C17H17F2NO4. The number of nitrogens with one attached hydrogen (secondary N) is 1. The van der Waals surface area contributed by atoms with E-state index < -0.39 is 6.61 Å².